The molecule has 0 saturated carbocycles. The van der Waals surface area contributed by atoms with Gasteiger partial charge in [0, 0.05) is 12.1 Å². The number of methoxy groups -OCH3 is 1. The van der Waals surface area contributed by atoms with E-state index in [1.807, 2.05) is 0 Å². The van der Waals surface area contributed by atoms with Crippen molar-refractivity contribution in [1.29, 1.82) is 0 Å². The Morgan fingerprint density at radius 2 is 2.33 bits per heavy atom. The van der Waals surface area contributed by atoms with Gasteiger partial charge in [0.25, 0.3) is 0 Å². The van der Waals surface area contributed by atoms with Gasteiger partial charge in [-0.05, 0) is 15.9 Å². The summed E-state index contributed by atoms with van der Waals surface area (Å²) < 4.78 is 4.94. The molecule has 0 aliphatic rings. The first-order valence-electron chi connectivity index (χ1n) is 3.00. The number of nitro groups is 1. The lowest BCUT2D eigenvalue weighted by atomic mass is 10.4. The minimum Gasteiger partial charge on any atom is -0.481 e. The van der Waals surface area contributed by atoms with Crippen LogP contribution in [0.15, 0.2) is 16.7 Å². The zero-order valence-electron chi connectivity index (χ0n) is 6.15. The Hall–Kier alpha value is -1.17. The maximum atomic E-state index is 10.3. The van der Waals surface area contributed by atoms with Crippen LogP contribution in [0.2, 0.25) is 0 Å². The average Bonchev–Trinajstić information content (AvgIpc) is 2.03. The summed E-state index contributed by atoms with van der Waals surface area (Å²) in [6.07, 6.45) is 0. The minimum absolute atomic E-state index is 0.0733. The van der Waals surface area contributed by atoms with Crippen LogP contribution in [0.4, 0.5) is 5.69 Å². The monoisotopic (exact) mass is 232 g/mol. The van der Waals surface area contributed by atoms with Gasteiger partial charge < -0.3 is 4.74 Å². The summed E-state index contributed by atoms with van der Waals surface area (Å²) in [5, 5.41) is 10.3. The molecule has 0 saturated heterocycles. The van der Waals surface area contributed by atoms with E-state index in [1.165, 1.54) is 19.2 Å². The molecule has 64 valence electrons. The Bertz CT molecular complexity index is 316. The van der Waals surface area contributed by atoms with Gasteiger partial charge in [-0.2, -0.15) is 4.98 Å². The largest absolute Gasteiger partial charge is 0.481 e. The molecule has 1 aromatic heterocycles. The molecule has 1 aromatic rings. The van der Waals surface area contributed by atoms with Crippen molar-refractivity contribution in [2.24, 2.45) is 0 Å². The van der Waals surface area contributed by atoms with Crippen molar-refractivity contribution < 1.29 is 9.66 Å². The predicted molar refractivity (Wildman–Crippen MR) is 45.1 cm³/mol. The smallest absolute Gasteiger partial charge is 0.302 e. The highest BCUT2D eigenvalue weighted by Crippen LogP contribution is 2.24. The van der Waals surface area contributed by atoms with Gasteiger partial charge in [0.2, 0.25) is 5.88 Å². The molecule has 0 fully saturated rings. The molecular weight excluding hydrogens is 228 g/mol. The van der Waals surface area contributed by atoms with E-state index < -0.39 is 4.92 Å². The summed E-state index contributed by atoms with van der Waals surface area (Å²) in [4.78, 5) is 13.6. The second kappa shape index (κ2) is 3.48. The van der Waals surface area contributed by atoms with Gasteiger partial charge in [-0.3, -0.25) is 10.1 Å². The van der Waals surface area contributed by atoms with Gasteiger partial charge in [-0.15, -0.1) is 0 Å². The average molecular weight is 233 g/mol. The van der Waals surface area contributed by atoms with Crippen molar-refractivity contribution in [2.75, 3.05) is 7.11 Å². The van der Waals surface area contributed by atoms with Crippen LogP contribution in [0.3, 0.4) is 0 Å². The van der Waals surface area contributed by atoms with Gasteiger partial charge in [-0.25, -0.2) is 0 Å². The Labute approximate surface area is 76.7 Å². The highest BCUT2D eigenvalue weighted by atomic mass is 79.9. The van der Waals surface area contributed by atoms with Crippen LogP contribution in [-0.4, -0.2) is 17.0 Å². The van der Waals surface area contributed by atoms with Gasteiger partial charge >= 0.3 is 5.69 Å². The molecule has 0 amide bonds. The minimum atomic E-state index is -0.517. The third-order valence-corrected chi connectivity index (χ3v) is 1.79. The van der Waals surface area contributed by atoms with Crippen LogP contribution in [0.1, 0.15) is 0 Å². The summed E-state index contributed by atoms with van der Waals surface area (Å²) in [6.45, 7) is 0. The van der Waals surface area contributed by atoms with E-state index >= 15 is 0 Å². The molecule has 0 bridgehead atoms. The van der Waals surface area contributed by atoms with E-state index in [-0.39, 0.29) is 10.3 Å². The SMILES string of the molecule is COc1ccc([N+](=O)[O-])c(Br)n1. The number of hydrogen-bond donors (Lipinski definition) is 0. The van der Waals surface area contributed by atoms with E-state index in [9.17, 15) is 10.1 Å². The van der Waals surface area contributed by atoms with Crippen LogP contribution in [0, 0.1) is 10.1 Å². The Morgan fingerprint density at radius 1 is 1.67 bits per heavy atom. The fraction of sp³-hybridized carbons (Fsp3) is 0.167. The maximum Gasteiger partial charge on any atom is 0.302 e. The predicted octanol–water partition coefficient (Wildman–Crippen LogP) is 1.76. The Morgan fingerprint density at radius 3 is 2.75 bits per heavy atom. The third kappa shape index (κ3) is 1.70. The van der Waals surface area contributed by atoms with E-state index in [0.717, 1.165) is 0 Å². The second-order valence-electron chi connectivity index (χ2n) is 1.92. The maximum absolute atomic E-state index is 10.3. The first kappa shape index (κ1) is 8.92. The number of aromatic nitrogens is 1. The molecule has 0 aliphatic carbocycles. The van der Waals surface area contributed by atoms with Crippen molar-refractivity contribution >= 4 is 21.6 Å². The lowest BCUT2D eigenvalue weighted by Crippen LogP contribution is -1.93. The molecule has 0 spiro atoms. The standard InChI is InChI=1S/C6H5BrN2O3/c1-12-5-3-2-4(9(10)11)6(7)8-5/h2-3H,1H3. The molecule has 5 nitrogen and oxygen atoms in total. The number of pyridine rings is 1. The molecule has 0 aliphatic heterocycles. The van der Waals surface area contributed by atoms with E-state index in [1.54, 1.807) is 0 Å². The zero-order chi connectivity index (χ0) is 9.14. The molecule has 1 rings (SSSR count). The third-order valence-electron chi connectivity index (χ3n) is 1.21. The lowest BCUT2D eigenvalue weighted by Gasteiger charge is -1.98. The zero-order valence-corrected chi connectivity index (χ0v) is 7.74. The van der Waals surface area contributed by atoms with Gasteiger partial charge in [0.1, 0.15) is 0 Å². The molecule has 0 N–H and O–H groups in total. The van der Waals surface area contributed by atoms with E-state index in [2.05, 4.69) is 20.9 Å². The molecule has 1 heterocycles. The molecule has 12 heavy (non-hydrogen) atoms. The van der Waals surface area contributed by atoms with Crippen molar-refractivity contribution in [3.05, 3.63) is 26.9 Å². The summed E-state index contributed by atoms with van der Waals surface area (Å²) in [6, 6.07) is 2.76. The first-order chi connectivity index (χ1) is 5.65. The summed E-state index contributed by atoms with van der Waals surface area (Å²) in [7, 11) is 1.45. The molecule has 0 atom stereocenters. The Balaban J connectivity index is 3.12. The fourth-order valence-corrected chi connectivity index (χ4v) is 1.11. The number of rotatable bonds is 2. The van der Waals surface area contributed by atoms with Crippen LogP contribution in [0.25, 0.3) is 0 Å². The van der Waals surface area contributed by atoms with E-state index in [0.29, 0.717) is 5.88 Å². The van der Waals surface area contributed by atoms with Crippen LogP contribution in [-0.2, 0) is 0 Å². The number of ether oxygens (including phenoxy) is 1. The number of nitrogens with zero attached hydrogens (tertiary/aromatic N) is 2. The Kier molecular flexibility index (Phi) is 2.59. The van der Waals surface area contributed by atoms with Gasteiger partial charge in [0.05, 0.1) is 12.0 Å². The molecule has 0 radical (unpaired) electrons. The first-order valence-corrected chi connectivity index (χ1v) is 3.79. The molecule has 6 heteroatoms. The van der Waals surface area contributed by atoms with Gasteiger partial charge in [-0.1, -0.05) is 0 Å². The van der Waals surface area contributed by atoms with E-state index in [4.69, 9.17) is 4.74 Å². The van der Waals surface area contributed by atoms with Crippen LogP contribution >= 0.6 is 15.9 Å². The van der Waals surface area contributed by atoms with Crippen LogP contribution in [0.5, 0.6) is 5.88 Å². The summed E-state index contributed by atoms with van der Waals surface area (Å²) in [5.41, 5.74) is -0.0733. The summed E-state index contributed by atoms with van der Waals surface area (Å²) in [5.74, 6) is 0.340. The highest BCUT2D eigenvalue weighted by molar-refractivity contribution is 9.10. The number of hydrogen-bond acceptors (Lipinski definition) is 4. The highest BCUT2D eigenvalue weighted by Gasteiger charge is 2.12. The van der Waals surface area contributed by atoms with Crippen molar-refractivity contribution in [2.45, 2.75) is 0 Å². The van der Waals surface area contributed by atoms with Crippen molar-refractivity contribution in [3.63, 3.8) is 0 Å². The fourth-order valence-electron chi connectivity index (χ4n) is 0.660. The van der Waals surface area contributed by atoms with Crippen LogP contribution < -0.4 is 4.74 Å². The second-order valence-corrected chi connectivity index (χ2v) is 2.67. The normalized spacial score (nSPS) is 9.50. The molecule has 0 aromatic carbocycles. The quantitative estimate of drug-likeness (QED) is 0.443. The molecule has 0 unspecified atom stereocenters. The van der Waals surface area contributed by atoms with Gasteiger partial charge in [0.15, 0.2) is 4.60 Å². The molecular formula is C6H5BrN2O3. The topological polar surface area (TPSA) is 65.3 Å². The van der Waals surface area contributed by atoms with Crippen molar-refractivity contribution in [3.8, 4) is 5.88 Å². The number of halogens is 1. The van der Waals surface area contributed by atoms with Crippen molar-refractivity contribution in [1.82, 2.24) is 4.98 Å². The summed E-state index contributed by atoms with van der Waals surface area (Å²) >= 11 is 2.96. The lowest BCUT2D eigenvalue weighted by molar-refractivity contribution is -0.386.